The molecular formula is C14H15N3S2. The van der Waals surface area contributed by atoms with Crippen LogP contribution in [0.25, 0.3) is 4.96 Å². The molecule has 2 aromatic heterocycles. The summed E-state index contributed by atoms with van der Waals surface area (Å²) in [4.78, 5) is 6.89. The predicted octanol–water partition coefficient (Wildman–Crippen LogP) is 4.04. The van der Waals surface area contributed by atoms with Gasteiger partial charge in [0.05, 0.1) is 17.9 Å². The highest BCUT2D eigenvalue weighted by Gasteiger charge is 2.08. The average Bonchev–Trinajstić information content (AvgIpc) is 2.97. The SMILES string of the molecule is CSc1cccc(NCc2c(C)nc3sccn23)c1. The molecule has 0 unspecified atom stereocenters. The third-order valence-corrected chi connectivity index (χ3v) is 4.57. The molecule has 0 fully saturated rings. The summed E-state index contributed by atoms with van der Waals surface area (Å²) in [5.74, 6) is 0. The van der Waals surface area contributed by atoms with E-state index in [2.05, 4.69) is 63.7 Å². The van der Waals surface area contributed by atoms with Crippen molar-refractivity contribution in [2.24, 2.45) is 0 Å². The highest BCUT2D eigenvalue weighted by Crippen LogP contribution is 2.21. The van der Waals surface area contributed by atoms with E-state index >= 15 is 0 Å². The maximum Gasteiger partial charge on any atom is 0.194 e. The van der Waals surface area contributed by atoms with Crippen LogP contribution in [0.1, 0.15) is 11.4 Å². The lowest BCUT2D eigenvalue weighted by Crippen LogP contribution is -2.03. The number of hydrogen-bond acceptors (Lipinski definition) is 4. The Hall–Kier alpha value is -1.46. The summed E-state index contributed by atoms with van der Waals surface area (Å²) in [7, 11) is 0. The molecule has 0 spiro atoms. The highest BCUT2D eigenvalue weighted by molar-refractivity contribution is 7.98. The van der Waals surface area contributed by atoms with Crippen LogP contribution >= 0.6 is 23.1 Å². The van der Waals surface area contributed by atoms with Gasteiger partial charge in [-0.1, -0.05) is 6.07 Å². The van der Waals surface area contributed by atoms with E-state index in [1.54, 1.807) is 23.1 Å². The van der Waals surface area contributed by atoms with Gasteiger partial charge in [-0.2, -0.15) is 0 Å². The minimum atomic E-state index is 0.793. The Morgan fingerprint density at radius 1 is 1.42 bits per heavy atom. The molecule has 98 valence electrons. The van der Waals surface area contributed by atoms with Crippen molar-refractivity contribution in [3.63, 3.8) is 0 Å². The summed E-state index contributed by atoms with van der Waals surface area (Å²) in [6.07, 6.45) is 4.17. The van der Waals surface area contributed by atoms with Crippen molar-refractivity contribution >= 4 is 33.7 Å². The van der Waals surface area contributed by atoms with Crippen LogP contribution in [0.4, 0.5) is 5.69 Å². The van der Waals surface area contributed by atoms with Gasteiger partial charge in [0.25, 0.3) is 0 Å². The van der Waals surface area contributed by atoms with Gasteiger partial charge >= 0.3 is 0 Å². The Balaban J connectivity index is 1.81. The first kappa shape index (κ1) is 12.6. The van der Waals surface area contributed by atoms with Crippen LogP contribution in [0.5, 0.6) is 0 Å². The zero-order valence-corrected chi connectivity index (χ0v) is 12.5. The van der Waals surface area contributed by atoms with Gasteiger partial charge in [0.2, 0.25) is 0 Å². The second kappa shape index (κ2) is 5.27. The van der Waals surface area contributed by atoms with Gasteiger partial charge in [-0.25, -0.2) is 4.98 Å². The topological polar surface area (TPSA) is 29.3 Å². The average molecular weight is 289 g/mol. The maximum absolute atomic E-state index is 4.56. The summed E-state index contributed by atoms with van der Waals surface area (Å²) in [6.45, 7) is 2.86. The van der Waals surface area contributed by atoms with Crippen molar-refractivity contribution in [1.82, 2.24) is 9.38 Å². The number of aryl methyl sites for hydroxylation is 1. The van der Waals surface area contributed by atoms with Crippen LogP contribution in [0, 0.1) is 6.92 Å². The lowest BCUT2D eigenvalue weighted by Gasteiger charge is -2.07. The summed E-state index contributed by atoms with van der Waals surface area (Å²) in [6, 6.07) is 8.47. The standard InChI is InChI=1S/C14H15N3S2/c1-10-13(17-6-7-19-14(17)16-10)9-15-11-4-3-5-12(8-11)18-2/h3-8,15H,9H2,1-2H3. The normalized spacial score (nSPS) is 11.1. The first-order valence-corrected chi connectivity index (χ1v) is 8.17. The number of aromatic nitrogens is 2. The fraction of sp³-hybridized carbons (Fsp3) is 0.214. The van der Waals surface area contributed by atoms with Crippen LogP contribution < -0.4 is 5.32 Å². The molecule has 3 nitrogen and oxygen atoms in total. The van der Waals surface area contributed by atoms with Crippen molar-refractivity contribution in [2.45, 2.75) is 18.4 Å². The third-order valence-electron chi connectivity index (χ3n) is 3.09. The van der Waals surface area contributed by atoms with E-state index in [1.165, 1.54) is 10.6 Å². The maximum atomic E-state index is 4.56. The molecule has 3 aromatic rings. The smallest absolute Gasteiger partial charge is 0.194 e. The molecule has 0 atom stereocenters. The number of nitrogens with zero attached hydrogens (tertiary/aromatic N) is 2. The first-order chi connectivity index (χ1) is 9.28. The first-order valence-electron chi connectivity index (χ1n) is 6.07. The number of rotatable bonds is 4. The highest BCUT2D eigenvalue weighted by atomic mass is 32.2. The molecule has 0 saturated heterocycles. The van der Waals surface area contributed by atoms with Gasteiger partial charge in [-0.15, -0.1) is 23.1 Å². The van der Waals surface area contributed by atoms with Crippen LogP contribution in [0.3, 0.4) is 0 Å². The second-order valence-electron chi connectivity index (χ2n) is 4.28. The molecule has 5 heteroatoms. The summed E-state index contributed by atoms with van der Waals surface area (Å²) in [5.41, 5.74) is 3.47. The number of hydrogen-bond donors (Lipinski definition) is 1. The molecule has 0 saturated carbocycles. The van der Waals surface area contributed by atoms with Crippen LogP contribution in [-0.4, -0.2) is 15.6 Å². The van der Waals surface area contributed by atoms with Crippen molar-refractivity contribution < 1.29 is 0 Å². The number of anilines is 1. The monoisotopic (exact) mass is 289 g/mol. The Labute approximate surface area is 120 Å². The number of thioether (sulfide) groups is 1. The summed E-state index contributed by atoms with van der Waals surface area (Å²) < 4.78 is 2.16. The Morgan fingerprint density at radius 3 is 3.16 bits per heavy atom. The molecule has 0 aliphatic carbocycles. The van der Waals surface area contributed by atoms with Gasteiger partial charge in [0.1, 0.15) is 0 Å². The van der Waals surface area contributed by atoms with Crippen molar-refractivity contribution in [2.75, 3.05) is 11.6 Å². The minimum Gasteiger partial charge on any atom is -0.379 e. The number of nitrogens with one attached hydrogen (secondary N) is 1. The number of fused-ring (bicyclic) bond motifs is 1. The van der Waals surface area contributed by atoms with Gasteiger partial charge in [-0.3, -0.25) is 4.40 Å². The Bertz CT molecular complexity index is 700. The predicted molar refractivity (Wildman–Crippen MR) is 83.4 cm³/mol. The van der Waals surface area contributed by atoms with Crippen LogP contribution in [-0.2, 0) is 6.54 Å². The molecule has 0 amide bonds. The van der Waals surface area contributed by atoms with Crippen molar-refractivity contribution in [3.05, 3.63) is 47.2 Å². The molecule has 1 N–H and O–H groups in total. The van der Waals surface area contributed by atoms with E-state index in [4.69, 9.17) is 0 Å². The van der Waals surface area contributed by atoms with Gasteiger partial charge in [0, 0.05) is 22.2 Å². The summed E-state index contributed by atoms with van der Waals surface area (Å²) in [5, 5.41) is 5.54. The van der Waals surface area contributed by atoms with E-state index in [1.807, 2.05) is 0 Å². The molecular weight excluding hydrogens is 274 g/mol. The van der Waals surface area contributed by atoms with E-state index < -0.39 is 0 Å². The molecule has 0 radical (unpaired) electrons. The number of thiazole rings is 1. The van der Waals surface area contributed by atoms with E-state index in [9.17, 15) is 0 Å². The molecule has 0 bridgehead atoms. The molecule has 3 rings (SSSR count). The molecule has 0 aliphatic rings. The largest absolute Gasteiger partial charge is 0.379 e. The van der Waals surface area contributed by atoms with Crippen LogP contribution in [0.2, 0.25) is 0 Å². The zero-order valence-electron chi connectivity index (χ0n) is 10.9. The van der Waals surface area contributed by atoms with E-state index in [0.29, 0.717) is 0 Å². The fourth-order valence-electron chi connectivity index (χ4n) is 2.07. The van der Waals surface area contributed by atoms with Crippen molar-refractivity contribution in [3.8, 4) is 0 Å². The second-order valence-corrected chi connectivity index (χ2v) is 6.04. The fourth-order valence-corrected chi connectivity index (χ4v) is 3.31. The quantitative estimate of drug-likeness (QED) is 0.735. The lowest BCUT2D eigenvalue weighted by atomic mass is 10.3. The van der Waals surface area contributed by atoms with Gasteiger partial charge < -0.3 is 5.32 Å². The van der Waals surface area contributed by atoms with E-state index in [-0.39, 0.29) is 0 Å². The Kier molecular flexibility index (Phi) is 3.48. The zero-order chi connectivity index (χ0) is 13.2. The number of benzene rings is 1. The summed E-state index contributed by atoms with van der Waals surface area (Å²) >= 11 is 3.43. The van der Waals surface area contributed by atoms with E-state index in [0.717, 1.165) is 22.9 Å². The molecule has 2 heterocycles. The molecule has 19 heavy (non-hydrogen) atoms. The third kappa shape index (κ3) is 2.48. The van der Waals surface area contributed by atoms with Crippen LogP contribution in [0.15, 0.2) is 40.7 Å². The lowest BCUT2D eigenvalue weighted by molar-refractivity contribution is 0.993. The molecule has 0 aliphatic heterocycles. The van der Waals surface area contributed by atoms with Crippen molar-refractivity contribution in [1.29, 1.82) is 0 Å². The Morgan fingerprint density at radius 2 is 2.32 bits per heavy atom. The van der Waals surface area contributed by atoms with Gasteiger partial charge in [0.15, 0.2) is 4.96 Å². The molecule has 1 aromatic carbocycles. The minimum absolute atomic E-state index is 0.793. The number of imidazole rings is 1. The van der Waals surface area contributed by atoms with Gasteiger partial charge in [-0.05, 0) is 31.4 Å².